The van der Waals surface area contributed by atoms with Gasteiger partial charge in [-0.2, -0.15) is 0 Å². The third kappa shape index (κ3) is 3.12. The van der Waals surface area contributed by atoms with Crippen molar-refractivity contribution in [2.45, 2.75) is 30.8 Å². The molecule has 0 aliphatic carbocycles. The number of anilines is 1. The van der Waals surface area contributed by atoms with Crippen molar-refractivity contribution in [3.05, 3.63) is 23.3 Å². The molecule has 0 radical (unpaired) electrons. The molecule has 1 aromatic carbocycles. The smallest absolute Gasteiger partial charge is 0.241 e. The number of ether oxygens (including phenoxy) is 1. The standard InChI is InChI=1S/C13H20N2O4S/c1-9-5-11(14)10(2)12(6-9)20(17,18)15-7-13(16)3-4-19-8-13/h5-6,15-16H,3-4,7-8,14H2,1-2H3. The van der Waals surface area contributed by atoms with E-state index in [9.17, 15) is 13.5 Å². The molecule has 1 fully saturated rings. The molecule has 20 heavy (non-hydrogen) atoms. The molecule has 4 N–H and O–H groups in total. The molecule has 1 saturated heterocycles. The Morgan fingerprint density at radius 3 is 2.75 bits per heavy atom. The number of nitrogens with two attached hydrogens (primary N) is 1. The Morgan fingerprint density at radius 1 is 1.45 bits per heavy atom. The van der Waals surface area contributed by atoms with Crippen LogP contribution in [-0.4, -0.2) is 38.9 Å². The van der Waals surface area contributed by atoms with E-state index in [2.05, 4.69) is 4.72 Å². The van der Waals surface area contributed by atoms with Crippen LogP contribution >= 0.6 is 0 Å². The van der Waals surface area contributed by atoms with E-state index in [1.807, 2.05) is 0 Å². The third-order valence-corrected chi connectivity index (χ3v) is 5.04. The van der Waals surface area contributed by atoms with E-state index in [-0.39, 0.29) is 18.0 Å². The number of hydrogen-bond donors (Lipinski definition) is 3. The number of rotatable bonds is 4. The van der Waals surface area contributed by atoms with E-state index in [0.29, 0.717) is 24.3 Å². The van der Waals surface area contributed by atoms with Crippen molar-refractivity contribution in [1.29, 1.82) is 0 Å². The van der Waals surface area contributed by atoms with Gasteiger partial charge in [-0.1, -0.05) is 0 Å². The van der Waals surface area contributed by atoms with E-state index < -0.39 is 15.6 Å². The first-order chi connectivity index (χ1) is 9.23. The highest BCUT2D eigenvalue weighted by Crippen LogP contribution is 2.24. The third-order valence-electron chi connectivity index (χ3n) is 3.51. The molecule has 1 aromatic rings. The monoisotopic (exact) mass is 300 g/mol. The van der Waals surface area contributed by atoms with Gasteiger partial charge in [0, 0.05) is 25.3 Å². The number of aryl methyl sites for hydroxylation is 1. The summed E-state index contributed by atoms with van der Waals surface area (Å²) in [7, 11) is -3.71. The molecular weight excluding hydrogens is 280 g/mol. The summed E-state index contributed by atoms with van der Waals surface area (Å²) in [6, 6.07) is 3.30. The highest BCUT2D eigenvalue weighted by atomic mass is 32.2. The van der Waals surface area contributed by atoms with Gasteiger partial charge in [-0.3, -0.25) is 0 Å². The minimum Gasteiger partial charge on any atom is -0.398 e. The quantitative estimate of drug-likeness (QED) is 0.695. The molecular formula is C13H20N2O4S. The first-order valence-corrected chi connectivity index (χ1v) is 7.88. The van der Waals surface area contributed by atoms with E-state index in [0.717, 1.165) is 5.56 Å². The molecule has 6 nitrogen and oxygen atoms in total. The average Bonchev–Trinajstić information content (AvgIpc) is 2.79. The predicted octanol–water partition coefficient (Wildman–Crippen LogP) is 0.315. The zero-order chi connectivity index (χ0) is 15.0. The second-order valence-corrected chi connectivity index (χ2v) is 7.06. The van der Waals surface area contributed by atoms with Crippen molar-refractivity contribution in [3.8, 4) is 0 Å². The van der Waals surface area contributed by atoms with Gasteiger partial charge in [0.1, 0.15) is 5.60 Å². The lowest BCUT2D eigenvalue weighted by Crippen LogP contribution is -2.43. The summed E-state index contributed by atoms with van der Waals surface area (Å²) >= 11 is 0. The minimum absolute atomic E-state index is 0.0668. The number of benzene rings is 1. The Labute approximate surface area is 119 Å². The molecule has 2 rings (SSSR count). The lowest BCUT2D eigenvalue weighted by molar-refractivity contribution is 0.0314. The van der Waals surface area contributed by atoms with Gasteiger partial charge >= 0.3 is 0 Å². The predicted molar refractivity (Wildman–Crippen MR) is 75.9 cm³/mol. The Hall–Kier alpha value is -1.15. The van der Waals surface area contributed by atoms with Gasteiger partial charge in [-0.15, -0.1) is 0 Å². The normalized spacial score (nSPS) is 23.1. The van der Waals surface area contributed by atoms with Crippen LogP contribution in [-0.2, 0) is 14.8 Å². The lowest BCUT2D eigenvalue weighted by Gasteiger charge is -2.21. The van der Waals surface area contributed by atoms with Crippen LogP contribution in [0.2, 0.25) is 0 Å². The molecule has 1 unspecified atom stereocenters. The number of aliphatic hydroxyl groups is 1. The average molecular weight is 300 g/mol. The second-order valence-electron chi connectivity index (χ2n) is 5.33. The molecule has 1 atom stereocenters. The largest absolute Gasteiger partial charge is 0.398 e. The Balaban J connectivity index is 2.22. The van der Waals surface area contributed by atoms with Gasteiger partial charge in [-0.25, -0.2) is 13.1 Å². The van der Waals surface area contributed by atoms with Crippen molar-refractivity contribution in [2.75, 3.05) is 25.5 Å². The Kier molecular flexibility index (Phi) is 4.06. The SMILES string of the molecule is Cc1cc(N)c(C)c(S(=O)(=O)NCC2(O)CCOC2)c1. The molecule has 1 aliphatic rings. The first kappa shape index (κ1) is 15.2. The van der Waals surface area contributed by atoms with Crippen LogP contribution in [0.3, 0.4) is 0 Å². The van der Waals surface area contributed by atoms with Crippen LogP contribution in [0, 0.1) is 13.8 Å². The molecule has 0 bridgehead atoms. The zero-order valence-corrected chi connectivity index (χ0v) is 12.5. The van der Waals surface area contributed by atoms with E-state index in [1.54, 1.807) is 26.0 Å². The van der Waals surface area contributed by atoms with E-state index in [4.69, 9.17) is 10.5 Å². The van der Waals surface area contributed by atoms with Gasteiger partial charge in [0.25, 0.3) is 0 Å². The summed E-state index contributed by atoms with van der Waals surface area (Å²) in [5, 5.41) is 10.1. The Bertz CT molecular complexity index is 607. The van der Waals surface area contributed by atoms with Crippen LogP contribution in [0.15, 0.2) is 17.0 Å². The van der Waals surface area contributed by atoms with E-state index in [1.165, 1.54) is 0 Å². The van der Waals surface area contributed by atoms with Gasteiger partial charge < -0.3 is 15.6 Å². The number of nitrogens with one attached hydrogen (secondary N) is 1. The fourth-order valence-corrected chi connectivity index (χ4v) is 3.65. The van der Waals surface area contributed by atoms with Gasteiger partial charge in [0.15, 0.2) is 0 Å². The number of nitrogen functional groups attached to an aromatic ring is 1. The number of sulfonamides is 1. The van der Waals surface area contributed by atoms with Crippen LogP contribution < -0.4 is 10.5 Å². The summed E-state index contributed by atoms with van der Waals surface area (Å²) in [5.74, 6) is 0. The summed E-state index contributed by atoms with van der Waals surface area (Å²) in [5.41, 5.74) is 6.40. The summed E-state index contributed by atoms with van der Waals surface area (Å²) in [6.45, 7) is 3.96. The molecule has 1 aliphatic heterocycles. The van der Waals surface area contributed by atoms with Crippen LogP contribution in [0.25, 0.3) is 0 Å². The summed E-state index contributed by atoms with van der Waals surface area (Å²) < 4.78 is 32.2. The maximum Gasteiger partial charge on any atom is 0.241 e. The summed E-state index contributed by atoms with van der Waals surface area (Å²) in [4.78, 5) is 0.150. The fourth-order valence-electron chi connectivity index (χ4n) is 2.17. The maximum atomic E-state index is 12.3. The molecule has 112 valence electrons. The van der Waals surface area contributed by atoms with Crippen molar-refractivity contribution < 1.29 is 18.3 Å². The minimum atomic E-state index is -3.71. The molecule has 0 amide bonds. The molecule has 0 saturated carbocycles. The topological polar surface area (TPSA) is 102 Å². The number of hydrogen-bond acceptors (Lipinski definition) is 5. The molecule has 1 heterocycles. The maximum absolute atomic E-state index is 12.3. The lowest BCUT2D eigenvalue weighted by atomic mass is 10.1. The molecule has 0 spiro atoms. The summed E-state index contributed by atoms with van der Waals surface area (Å²) in [6.07, 6.45) is 0.421. The molecule has 0 aromatic heterocycles. The van der Waals surface area contributed by atoms with Gasteiger partial charge in [0.05, 0.1) is 11.5 Å². The fraction of sp³-hybridized carbons (Fsp3) is 0.538. The van der Waals surface area contributed by atoms with Crippen molar-refractivity contribution in [3.63, 3.8) is 0 Å². The first-order valence-electron chi connectivity index (χ1n) is 6.40. The highest BCUT2D eigenvalue weighted by molar-refractivity contribution is 7.89. The van der Waals surface area contributed by atoms with Crippen LogP contribution in [0.5, 0.6) is 0 Å². The van der Waals surface area contributed by atoms with Gasteiger partial charge in [-0.05, 0) is 37.1 Å². The zero-order valence-electron chi connectivity index (χ0n) is 11.6. The van der Waals surface area contributed by atoms with Crippen molar-refractivity contribution in [1.82, 2.24) is 4.72 Å². The van der Waals surface area contributed by atoms with Crippen molar-refractivity contribution in [2.24, 2.45) is 0 Å². The Morgan fingerprint density at radius 2 is 2.15 bits per heavy atom. The van der Waals surface area contributed by atoms with Gasteiger partial charge in [0.2, 0.25) is 10.0 Å². The van der Waals surface area contributed by atoms with Crippen LogP contribution in [0.4, 0.5) is 5.69 Å². The van der Waals surface area contributed by atoms with E-state index >= 15 is 0 Å². The molecule has 7 heteroatoms. The second kappa shape index (κ2) is 5.33. The van der Waals surface area contributed by atoms with Crippen molar-refractivity contribution >= 4 is 15.7 Å². The van der Waals surface area contributed by atoms with Crippen LogP contribution in [0.1, 0.15) is 17.5 Å². The highest BCUT2D eigenvalue weighted by Gasteiger charge is 2.34.